The Kier molecular flexibility index (Phi) is 5.77. The fourth-order valence-corrected chi connectivity index (χ4v) is 6.88. The predicted octanol–water partition coefficient (Wildman–Crippen LogP) is 1.74. The van der Waals surface area contributed by atoms with Crippen LogP contribution in [-0.2, 0) is 25.8 Å². The summed E-state index contributed by atoms with van der Waals surface area (Å²) >= 11 is 0. The number of nitrogens with two attached hydrogens (primary N) is 1. The van der Waals surface area contributed by atoms with Gasteiger partial charge in [-0.2, -0.15) is 0 Å². The van der Waals surface area contributed by atoms with Gasteiger partial charge in [0.25, 0.3) is 0 Å². The molecule has 0 aliphatic heterocycles. The van der Waals surface area contributed by atoms with Crippen LogP contribution in [0.15, 0.2) is 36.8 Å². The Morgan fingerprint density at radius 1 is 1.19 bits per heavy atom. The summed E-state index contributed by atoms with van der Waals surface area (Å²) in [5.74, 6) is -0.731. The average molecular weight is 478 g/mol. The number of nitrogens with one attached hydrogen (secondary N) is 1. The van der Waals surface area contributed by atoms with Crippen molar-refractivity contribution in [1.29, 1.82) is 0 Å². The monoisotopic (exact) mass is 477 g/mol. The summed E-state index contributed by atoms with van der Waals surface area (Å²) in [6.45, 7) is 0. The van der Waals surface area contributed by atoms with Crippen molar-refractivity contribution in [2.75, 3.05) is 12.0 Å². The van der Waals surface area contributed by atoms with E-state index in [9.17, 15) is 21.6 Å². The molecule has 10 nitrogen and oxygen atoms in total. The molecular weight excluding hydrogens is 454 g/mol. The van der Waals surface area contributed by atoms with Crippen LogP contribution in [0.5, 0.6) is 0 Å². The number of hydrogen-bond acceptors (Lipinski definition) is 8. The SMILES string of the molecule is CS(=O)(=O)NS(=O)(=O)Cc1cccc(C(=O)c2cn(C3CCCC3)c3ncnc(N)c23)c1. The first-order valence-electron chi connectivity index (χ1n) is 10.00. The Morgan fingerprint density at radius 2 is 1.91 bits per heavy atom. The van der Waals surface area contributed by atoms with Crippen molar-refractivity contribution in [2.45, 2.75) is 37.5 Å². The van der Waals surface area contributed by atoms with Gasteiger partial charge in [-0.25, -0.2) is 26.8 Å². The summed E-state index contributed by atoms with van der Waals surface area (Å²) in [4.78, 5) is 21.8. The standard InChI is InChI=1S/C20H23N5O5S2/c1-31(27,28)24-32(29,30)11-13-5-4-6-14(9-13)18(26)16-10-25(15-7-2-3-8-15)20-17(16)19(21)22-12-23-20/h4-6,9-10,12,15,24H,2-3,7-8,11H2,1H3,(H2,21,22,23). The lowest BCUT2D eigenvalue weighted by Crippen LogP contribution is -2.30. The van der Waals surface area contributed by atoms with Gasteiger partial charge in [0.05, 0.1) is 23.0 Å². The van der Waals surface area contributed by atoms with Crippen molar-refractivity contribution in [3.05, 3.63) is 53.5 Å². The van der Waals surface area contributed by atoms with Gasteiger partial charge in [0.15, 0.2) is 5.78 Å². The first-order valence-corrected chi connectivity index (χ1v) is 13.5. The van der Waals surface area contributed by atoms with Crippen LogP contribution < -0.4 is 9.86 Å². The second-order valence-corrected chi connectivity index (χ2v) is 11.7. The highest BCUT2D eigenvalue weighted by molar-refractivity contribution is 8.04. The third kappa shape index (κ3) is 4.66. The zero-order valence-corrected chi connectivity index (χ0v) is 19.0. The second-order valence-electron chi connectivity index (χ2n) is 7.99. The third-order valence-corrected chi connectivity index (χ3v) is 8.37. The molecule has 4 rings (SSSR count). The summed E-state index contributed by atoms with van der Waals surface area (Å²) in [6, 6.07) is 6.29. The minimum Gasteiger partial charge on any atom is -0.383 e. The number of carbonyl (C=O) groups is 1. The summed E-state index contributed by atoms with van der Waals surface area (Å²) < 4.78 is 50.4. The van der Waals surface area contributed by atoms with Crippen molar-refractivity contribution in [2.24, 2.45) is 0 Å². The normalized spacial score (nSPS) is 15.4. The van der Waals surface area contributed by atoms with Gasteiger partial charge in [-0.05, 0) is 24.5 Å². The second kappa shape index (κ2) is 8.26. The fraction of sp³-hybridized carbons (Fsp3) is 0.350. The van der Waals surface area contributed by atoms with Crippen LogP contribution in [0, 0.1) is 0 Å². The van der Waals surface area contributed by atoms with Gasteiger partial charge in [-0.3, -0.25) is 4.79 Å². The number of benzene rings is 1. The molecule has 1 aliphatic rings. The van der Waals surface area contributed by atoms with Crippen molar-refractivity contribution in [3.63, 3.8) is 0 Å². The summed E-state index contributed by atoms with van der Waals surface area (Å²) in [5.41, 5.74) is 7.57. The van der Waals surface area contributed by atoms with Gasteiger partial charge < -0.3 is 10.3 Å². The predicted molar refractivity (Wildman–Crippen MR) is 120 cm³/mol. The quantitative estimate of drug-likeness (QED) is 0.488. The van der Waals surface area contributed by atoms with E-state index in [1.807, 2.05) is 4.57 Å². The number of aromatic nitrogens is 3. The fourth-order valence-electron chi connectivity index (χ4n) is 4.18. The minimum absolute atomic E-state index is 0.200. The number of carbonyl (C=O) groups excluding carboxylic acids is 1. The summed E-state index contributed by atoms with van der Waals surface area (Å²) in [7, 11) is -8.08. The first kappa shape index (κ1) is 22.4. The molecule has 170 valence electrons. The molecule has 2 heterocycles. The lowest BCUT2D eigenvalue weighted by Gasteiger charge is -2.12. The molecule has 1 saturated carbocycles. The largest absolute Gasteiger partial charge is 0.383 e. The Bertz CT molecular complexity index is 1410. The smallest absolute Gasteiger partial charge is 0.228 e. The van der Waals surface area contributed by atoms with E-state index in [0.29, 0.717) is 16.6 Å². The molecule has 1 aromatic carbocycles. The number of ketones is 1. The van der Waals surface area contributed by atoms with Gasteiger partial charge in [0.1, 0.15) is 17.8 Å². The molecule has 0 unspecified atom stereocenters. The molecule has 3 N–H and O–H groups in total. The Hall–Kier alpha value is -2.83. The summed E-state index contributed by atoms with van der Waals surface area (Å²) in [5, 5.41) is 0.473. The van der Waals surface area contributed by atoms with Crippen molar-refractivity contribution < 1.29 is 21.6 Å². The van der Waals surface area contributed by atoms with E-state index in [0.717, 1.165) is 31.9 Å². The van der Waals surface area contributed by atoms with E-state index in [1.165, 1.54) is 18.5 Å². The van der Waals surface area contributed by atoms with E-state index < -0.39 is 25.8 Å². The maximum atomic E-state index is 13.4. The molecule has 3 aromatic rings. The van der Waals surface area contributed by atoms with Crippen LogP contribution in [0.4, 0.5) is 5.82 Å². The van der Waals surface area contributed by atoms with E-state index in [2.05, 4.69) is 9.97 Å². The molecule has 0 atom stereocenters. The first-order chi connectivity index (χ1) is 15.0. The Labute approximate surface area is 186 Å². The van der Waals surface area contributed by atoms with Crippen LogP contribution in [0.25, 0.3) is 11.0 Å². The number of hydrogen-bond donors (Lipinski definition) is 2. The van der Waals surface area contributed by atoms with Gasteiger partial charge >= 0.3 is 0 Å². The highest BCUT2D eigenvalue weighted by atomic mass is 32.3. The number of nitrogen functional groups attached to an aromatic ring is 1. The maximum Gasteiger partial charge on any atom is 0.228 e. The number of nitrogens with zero attached hydrogens (tertiary/aromatic N) is 3. The molecule has 1 aliphatic carbocycles. The zero-order valence-electron chi connectivity index (χ0n) is 17.4. The van der Waals surface area contributed by atoms with E-state index in [4.69, 9.17) is 5.73 Å². The third-order valence-electron chi connectivity index (χ3n) is 5.43. The number of rotatable bonds is 7. The van der Waals surface area contributed by atoms with Crippen LogP contribution in [0.3, 0.4) is 0 Å². The number of fused-ring (bicyclic) bond motifs is 1. The van der Waals surface area contributed by atoms with E-state index in [-0.39, 0.29) is 28.8 Å². The molecule has 0 radical (unpaired) electrons. The van der Waals surface area contributed by atoms with E-state index in [1.54, 1.807) is 22.5 Å². The highest BCUT2D eigenvalue weighted by Crippen LogP contribution is 2.35. The molecule has 0 bridgehead atoms. The number of sulfonamides is 2. The van der Waals surface area contributed by atoms with Gasteiger partial charge in [-0.15, -0.1) is 4.13 Å². The van der Waals surface area contributed by atoms with Crippen LogP contribution in [-0.4, -0.2) is 43.4 Å². The lowest BCUT2D eigenvalue weighted by atomic mass is 10.0. The van der Waals surface area contributed by atoms with Crippen LogP contribution in [0.1, 0.15) is 53.2 Å². The molecule has 0 saturated heterocycles. The minimum atomic E-state index is -4.14. The van der Waals surface area contributed by atoms with Crippen LogP contribution >= 0.6 is 0 Å². The van der Waals surface area contributed by atoms with E-state index >= 15 is 0 Å². The van der Waals surface area contributed by atoms with Crippen LogP contribution in [0.2, 0.25) is 0 Å². The van der Waals surface area contributed by atoms with Crippen molar-refractivity contribution >= 4 is 42.7 Å². The molecule has 32 heavy (non-hydrogen) atoms. The molecular formula is C20H23N5O5S2. The van der Waals surface area contributed by atoms with Gasteiger partial charge in [0, 0.05) is 17.8 Å². The molecule has 12 heteroatoms. The Morgan fingerprint density at radius 3 is 2.59 bits per heavy atom. The molecule has 0 spiro atoms. The topological polar surface area (TPSA) is 154 Å². The molecule has 1 fully saturated rings. The zero-order chi connectivity index (χ0) is 23.1. The van der Waals surface area contributed by atoms with Gasteiger partial charge in [0.2, 0.25) is 20.0 Å². The van der Waals surface area contributed by atoms with Gasteiger partial charge in [-0.1, -0.05) is 31.0 Å². The lowest BCUT2D eigenvalue weighted by molar-refractivity contribution is 0.104. The highest BCUT2D eigenvalue weighted by Gasteiger charge is 2.26. The number of anilines is 1. The summed E-state index contributed by atoms with van der Waals surface area (Å²) in [6.07, 6.45) is 8.07. The van der Waals surface area contributed by atoms with Crippen molar-refractivity contribution in [1.82, 2.24) is 18.7 Å². The molecule has 2 aromatic heterocycles. The molecule has 0 amide bonds. The average Bonchev–Trinajstić information content (AvgIpc) is 3.33. The maximum absolute atomic E-state index is 13.4. The Balaban J connectivity index is 1.72. The van der Waals surface area contributed by atoms with Crippen molar-refractivity contribution in [3.8, 4) is 0 Å².